The Hall–Kier alpha value is -2.68. The summed E-state index contributed by atoms with van der Waals surface area (Å²) >= 11 is 3.39. The van der Waals surface area contributed by atoms with Gasteiger partial charge in [-0.2, -0.15) is 0 Å². The van der Waals surface area contributed by atoms with Crippen molar-refractivity contribution in [1.29, 1.82) is 0 Å². The van der Waals surface area contributed by atoms with E-state index in [-0.39, 0.29) is 5.95 Å². The fourth-order valence-corrected chi connectivity index (χ4v) is 2.18. The van der Waals surface area contributed by atoms with Gasteiger partial charge in [0.05, 0.1) is 0 Å². The number of fused-ring (bicyclic) bond motifs is 1. The first-order valence-electron chi connectivity index (χ1n) is 6.31. The van der Waals surface area contributed by atoms with Gasteiger partial charge in [0.2, 0.25) is 11.6 Å². The minimum absolute atomic E-state index is 0.122. The molecule has 8 nitrogen and oxygen atoms in total. The van der Waals surface area contributed by atoms with Gasteiger partial charge in [-0.15, -0.1) is 10.2 Å². The molecular weight excluding hydrogens is 352 g/mol. The lowest BCUT2D eigenvalue weighted by atomic mass is 10.2. The molecule has 3 rings (SSSR count). The molecule has 0 saturated carbocycles. The van der Waals surface area contributed by atoms with Crippen LogP contribution in [0.25, 0.3) is 5.65 Å². The summed E-state index contributed by atoms with van der Waals surface area (Å²) in [5, 5.41) is 21.9. The monoisotopic (exact) mass is 362 g/mol. The van der Waals surface area contributed by atoms with E-state index in [9.17, 15) is 4.79 Å². The van der Waals surface area contributed by atoms with E-state index in [2.05, 4.69) is 41.7 Å². The van der Waals surface area contributed by atoms with Gasteiger partial charge in [0, 0.05) is 23.4 Å². The van der Waals surface area contributed by atoms with Crippen LogP contribution in [-0.2, 0) is 6.54 Å². The molecule has 0 aliphatic rings. The third-order valence-electron chi connectivity index (χ3n) is 2.92. The van der Waals surface area contributed by atoms with E-state index < -0.39 is 6.09 Å². The molecule has 0 fully saturated rings. The minimum atomic E-state index is -1.20. The van der Waals surface area contributed by atoms with Gasteiger partial charge in [0.25, 0.3) is 0 Å². The molecule has 1 aromatic carbocycles. The number of carbonyl (C=O) groups is 1. The van der Waals surface area contributed by atoms with Gasteiger partial charge in [-0.05, 0) is 17.7 Å². The van der Waals surface area contributed by atoms with Crippen LogP contribution in [0.5, 0.6) is 0 Å². The molecule has 0 spiro atoms. The summed E-state index contributed by atoms with van der Waals surface area (Å²) in [7, 11) is 0. The smallest absolute Gasteiger partial charge is 0.411 e. The third-order valence-corrected chi connectivity index (χ3v) is 3.45. The van der Waals surface area contributed by atoms with Crippen molar-refractivity contribution in [1.82, 2.24) is 19.6 Å². The summed E-state index contributed by atoms with van der Waals surface area (Å²) in [4.78, 5) is 14.9. The van der Waals surface area contributed by atoms with Crippen LogP contribution in [0.1, 0.15) is 5.56 Å². The first-order valence-corrected chi connectivity index (χ1v) is 7.11. The van der Waals surface area contributed by atoms with Crippen molar-refractivity contribution in [3.8, 4) is 0 Å². The minimum Gasteiger partial charge on any atom is -0.465 e. The molecule has 0 saturated heterocycles. The number of aromatic nitrogens is 4. The second-order valence-electron chi connectivity index (χ2n) is 4.40. The number of nitrogens with one attached hydrogen (secondary N) is 2. The van der Waals surface area contributed by atoms with Crippen molar-refractivity contribution in [2.24, 2.45) is 0 Å². The highest BCUT2D eigenvalue weighted by molar-refractivity contribution is 9.10. The van der Waals surface area contributed by atoms with Crippen molar-refractivity contribution in [2.75, 3.05) is 10.6 Å². The van der Waals surface area contributed by atoms with Crippen molar-refractivity contribution in [3.63, 3.8) is 0 Å². The second-order valence-corrected chi connectivity index (χ2v) is 5.32. The fourth-order valence-electron chi connectivity index (χ4n) is 1.92. The van der Waals surface area contributed by atoms with Crippen LogP contribution in [0.4, 0.5) is 16.6 Å². The van der Waals surface area contributed by atoms with Crippen LogP contribution in [0.15, 0.2) is 41.1 Å². The van der Waals surface area contributed by atoms with E-state index in [4.69, 9.17) is 5.11 Å². The van der Waals surface area contributed by atoms with Crippen LogP contribution in [0, 0.1) is 0 Å². The number of nitrogens with zero attached hydrogens (tertiary/aromatic N) is 4. The van der Waals surface area contributed by atoms with Crippen LogP contribution < -0.4 is 10.6 Å². The Bertz CT molecular complexity index is 817. The highest BCUT2D eigenvalue weighted by atomic mass is 79.9. The first-order chi connectivity index (χ1) is 10.6. The molecule has 0 unspecified atom stereocenters. The number of amides is 1. The Morgan fingerprint density at radius 2 is 2.05 bits per heavy atom. The standard InChI is InChI=1S/C13H11BrN6O2/c14-9-3-1-8(2-4-9)7-16-10-11-18-19-12(17-13(21)22)20(11)6-5-15-10/h1-6H,7H2,(H,15,16)(H,17,19)(H,21,22). The molecule has 3 aromatic rings. The molecule has 3 N–H and O–H groups in total. The molecule has 0 aliphatic heterocycles. The van der Waals surface area contributed by atoms with E-state index >= 15 is 0 Å². The summed E-state index contributed by atoms with van der Waals surface area (Å²) in [6.45, 7) is 0.564. The maximum atomic E-state index is 10.7. The Morgan fingerprint density at radius 3 is 2.77 bits per heavy atom. The maximum Gasteiger partial charge on any atom is 0.411 e. The number of carboxylic acid groups (broad SMARTS) is 1. The molecule has 9 heteroatoms. The quantitative estimate of drug-likeness (QED) is 0.658. The second kappa shape index (κ2) is 5.98. The fraction of sp³-hybridized carbons (Fsp3) is 0.0769. The predicted octanol–water partition coefficient (Wildman–Crippen LogP) is 2.59. The molecule has 112 valence electrons. The molecule has 22 heavy (non-hydrogen) atoms. The first kappa shape index (κ1) is 14.3. The average Bonchev–Trinajstić information content (AvgIpc) is 2.90. The van der Waals surface area contributed by atoms with Gasteiger partial charge in [-0.1, -0.05) is 28.1 Å². The molecule has 0 aliphatic carbocycles. The summed E-state index contributed by atoms with van der Waals surface area (Å²) in [6, 6.07) is 7.88. The van der Waals surface area contributed by atoms with Crippen LogP contribution in [0.3, 0.4) is 0 Å². The topological polar surface area (TPSA) is 104 Å². The molecule has 1 amide bonds. The summed E-state index contributed by atoms with van der Waals surface area (Å²) in [5.41, 5.74) is 1.53. The van der Waals surface area contributed by atoms with E-state index in [1.807, 2.05) is 24.3 Å². The maximum absolute atomic E-state index is 10.7. The number of hydrogen-bond donors (Lipinski definition) is 3. The molecular formula is C13H11BrN6O2. The van der Waals surface area contributed by atoms with Gasteiger partial charge >= 0.3 is 6.09 Å². The van der Waals surface area contributed by atoms with Gasteiger partial charge in [-0.3, -0.25) is 9.72 Å². The van der Waals surface area contributed by atoms with Gasteiger partial charge in [0.15, 0.2) is 5.82 Å². The van der Waals surface area contributed by atoms with Gasteiger partial charge in [0.1, 0.15) is 0 Å². The molecule has 2 aromatic heterocycles. The summed E-state index contributed by atoms with van der Waals surface area (Å²) < 4.78 is 2.53. The highest BCUT2D eigenvalue weighted by Crippen LogP contribution is 2.17. The Labute approximate surface area is 133 Å². The molecule has 0 bridgehead atoms. The van der Waals surface area contributed by atoms with E-state index in [0.717, 1.165) is 10.0 Å². The lowest BCUT2D eigenvalue weighted by Crippen LogP contribution is -2.10. The van der Waals surface area contributed by atoms with E-state index in [1.165, 1.54) is 4.40 Å². The number of hydrogen-bond acceptors (Lipinski definition) is 5. The van der Waals surface area contributed by atoms with E-state index in [1.54, 1.807) is 12.4 Å². The molecule has 2 heterocycles. The Morgan fingerprint density at radius 1 is 1.27 bits per heavy atom. The zero-order chi connectivity index (χ0) is 15.5. The summed E-state index contributed by atoms with van der Waals surface area (Å²) in [6.07, 6.45) is 1.94. The number of halogens is 1. The van der Waals surface area contributed by atoms with Crippen LogP contribution in [0.2, 0.25) is 0 Å². The van der Waals surface area contributed by atoms with Crippen molar-refractivity contribution >= 4 is 39.4 Å². The van der Waals surface area contributed by atoms with Crippen LogP contribution >= 0.6 is 15.9 Å². The van der Waals surface area contributed by atoms with Crippen molar-refractivity contribution in [2.45, 2.75) is 6.54 Å². The Kier molecular flexibility index (Phi) is 3.88. The molecule has 0 radical (unpaired) electrons. The lowest BCUT2D eigenvalue weighted by molar-refractivity contribution is 0.209. The molecule has 0 atom stereocenters. The number of anilines is 2. The van der Waals surface area contributed by atoms with Crippen molar-refractivity contribution < 1.29 is 9.90 Å². The predicted molar refractivity (Wildman–Crippen MR) is 83.9 cm³/mol. The van der Waals surface area contributed by atoms with E-state index in [0.29, 0.717) is 18.0 Å². The largest absolute Gasteiger partial charge is 0.465 e. The van der Waals surface area contributed by atoms with Gasteiger partial charge < -0.3 is 10.4 Å². The van der Waals surface area contributed by atoms with Crippen molar-refractivity contribution in [3.05, 3.63) is 46.7 Å². The zero-order valence-corrected chi connectivity index (χ0v) is 12.8. The Balaban J connectivity index is 1.83. The normalized spacial score (nSPS) is 10.6. The average molecular weight is 363 g/mol. The SMILES string of the molecule is O=C(O)Nc1nnc2c(NCc3ccc(Br)cc3)nccn12. The zero-order valence-electron chi connectivity index (χ0n) is 11.2. The van der Waals surface area contributed by atoms with Crippen LogP contribution in [-0.4, -0.2) is 30.8 Å². The summed E-state index contributed by atoms with van der Waals surface area (Å²) in [5.74, 6) is 0.646. The highest BCUT2D eigenvalue weighted by Gasteiger charge is 2.11. The lowest BCUT2D eigenvalue weighted by Gasteiger charge is -2.07. The number of rotatable bonds is 4. The number of benzene rings is 1. The third kappa shape index (κ3) is 2.98. The van der Waals surface area contributed by atoms with Gasteiger partial charge in [-0.25, -0.2) is 9.78 Å².